The Bertz CT molecular complexity index is 917. The molecule has 0 amide bonds. The van der Waals surface area contributed by atoms with Gasteiger partial charge < -0.3 is 9.84 Å². The molecule has 1 aliphatic rings. The van der Waals surface area contributed by atoms with Crippen LogP contribution in [0.3, 0.4) is 0 Å². The van der Waals surface area contributed by atoms with E-state index in [1.165, 1.54) is 23.9 Å². The van der Waals surface area contributed by atoms with Crippen molar-refractivity contribution >= 4 is 11.8 Å². The van der Waals surface area contributed by atoms with Gasteiger partial charge in [-0.05, 0) is 42.7 Å². The first-order valence-electron chi connectivity index (χ1n) is 8.83. The highest BCUT2D eigenvalue weighted by molar-refractivity contribution is 7.99. The zero-order chi connectivity index (χ0) is 19.5. The predicted octanol–water partition coefficient (Wildman–Crippen LogP) is 4.10. The number of pyridine rings is 1. The number of thioether (sulfide) groups is 1. The van der Waals surface area contributed by atoms with Crippen LogP contribution in [0.5, 0.6) is 5.75 Å². The molecular formula is C19H18F2N4O2S. The van der Waals surface area contributed by atoms with Crippen molar-refractivity contribution in [3.63, 3.8) is 0 Å². The average molecular weight is 404 g/mol. The number of benzene rings is 1. The molecular weight excluding hydrogens is 386 g/mol. The lowest BCUT2D eigenvalue weighted by Gasteiger charge is -2.13. The summed E-state index contributed by atoms with van der Waals surface area (Å²) in [5.74, 6) is 1.21. The Morgan fingerprint density at radius 3 is 2.61 bits per heavy atom. The predicted molar refractivity (Wildman–Crippen MR) is 100 cm³/mol. The Morgan fingerprint density at radius 1 is 1.18 bits per heavy atom. The van der Waals surface area contributed by atoms with Gasteiger partial charge in [-0.25, -0.2) is 0 Å². The molecule has 0 aliphatic heterocycles. The Morgan fingerprint density at radius 2 is 1.96 bits per heavy atom. The van der Waals surface area contributed by atoms with Gasteiger partial charge in [0.05, 0.1) is 6.10 Å². The van der Waals surface area contributed by atoms with E-state index in [2.05, 4.69) is 24.5 Å². The molecule has 0 radical (unpaired) electrons. The number of hydrogen-bond donors (Lipinski definition) is 1. The first-order chi connectivity index (χ1) is 13.6. The lowest BCUT2D eigenvalue weighted by molar-refractivity contribution is -0.0498. The molecule has 1 N–H and O–H groups in total. The summed E-state index contributed by atoms with van der Waals surface area (Å²) >= 11 is 1.42. The molecule has 1 aromatic carbocycles. The molecule has 4 rings (SSSR count). The zero-order valence-corrected chi connectivity index (χ0v) is 15.6. The number of aromatic nitrogens is 4. The van der Waals surface area contributed by atoms with Gasteiger partial charge in [-0.1, -0.05) is 23.9 Å². The molecule has 3 aromatic rings. The number of aliphatic hydroxyl groups excluding tert-OH is 1. The van der Waals surface area contributed by atoms with E-state index in [1.54, 1.807) is 24.5 Å². The fourth-order valence-corrected chi connectivity index (χ4v) is 3.82. The molecule has 9 heteroatoms. The fraction of sp³-hybridized carbons (Fsp3) is 0.316. The largest absolute Gasteiger partial charge is 0.435 e. The maximum atomic E-state index is 12.2. The van der Waals surface area contributed by atoms with Crippen molar-refractivity contribution in [2.24, 2.45) is 0 Å². The summed E-state index contributed by atoms with van der Waals surface area (Å²) in [6, 6.07) is 10.2. The zero-order valence-electron chi connectivity index (χ0n) is 14.8. The van der Waals surface area contributed by atoms with Gasteiger partial charge >= 0.3 is 6.61 Å². The van der Waals surface area contributed by atoms with Crippen LogP contribution in [0.4, 0.5) is 8.78 Å². The number of ether oxygens (including phenoxy) is 1. The topological polar surface area (TPSA) is 73.1 Å². The number of aliphatic hydroxyl groups is 1. The van der Waals surface area contributed by atoms with Crippen molar-refractivity contribution in [2.75, 3.05) is 5.75 Å². The second-order valence-corrected chi connectivity index (χ2v) is 7.41. The lowest BCUT2D eigenvalue weighted by atomic mass is 10.1. The standard InChI is InChI=1S/C19H18F2N4O2S/c20-18(21)27-15-7-3-12(4-8-15)16(26)11-28-19-24-23-17(25(19)14-5-6-14)13-2-1-9-22-10-13/h1-4,7-10,14,16,18,26H,5-6,11H2. The number of hydrogen-bond acceptors (Lipinski definition) is 6. The smallest absolute Gasteiger partial charge is 0.387 e. The summed E-state index contributed by atoms with van der Waals surface area (Å²) in [7, 11) is 0. The first-order valence-corrected chi connectivity index (χ1v) is 9.81. The Balaban J connectivity index is 1.45. The van der Waals surface area contributed by atoms with Crippen LogP contribution in [0.25, 0.3) is 11.4 Å². The molecule has 2 heterocycles. The van der Waals surface area contributed by atoms with Crippen molar-refractivity contribution in [3.05, 3.63) is 54.4 Å². The van der Waals surface area contributed by atoms with Gasteiger partial charge in [-0.2, -0.15) is 8.78 Å². The van der Waals surface area contributed by atoms with Gasteiger partial charge in [-0.3, -0.25) is 9.55 Å². The van der Waals surface area contributed by atoms with Crippen LogP contribution < -0.4 is 4.74 Å². The summed E-state index contributed by atoms with van der Waals surface area (Å²) in [5.41, 5.74) is 1.53. The molecule has 1 saturated carbocycles. The summed E-state index contributed by atoms with van der Waals surface area (Å²) in [5, 5.41) is 19.8. The molecule has 146 valence electrons. The molecule has 1 atom stereocenters. The average Bonchev–Trinajstić information content (AvgIpc) is 3.46. The normalized spacial score (nSPS) is 15.0. The lowest BCUT2D eigenvalue weighted by Crippen LogP contribution is -2.05. The van der Waals surface area contributed by atoms with Gasteiger partial charge in [0.25, 0.3) is 0 Å². The number of nitrogens with zero attached hydrogens (tertiary/aromatic N) is 4. The van der Waals surface area contributed by atoms with Gasteiger partial charge in [0.1, 0.15) is 5.75 Å². The summed E-state index contributed by atoms with van der Waals surface area (Å²) in [6.45, 7) is -2.87. The van der Waals surface area contributed by atoms with Gasteiger partial charge in [0.15, 0.2) is 11.0 Å². The van der Waals surface area contributed by atoms with Crippen molar-refractivity contribution < 1.29 is 18.6 Å². The van der Waals surface area contributed by atoms with E-state index in [0.29, 0.717) is 17.4 Å². The van der Waals surface area contributed by atoms with Crippen LogP contribution in [0.1, 0.15) is 30.6 Å². The van der Waals surface area contributed by atoms with E-state index in [4.69, 9.17) is 0 Å². The Kier molecular flexibility index (Phi) is 5.54. The van der Waals surface area contributed by atoms with Crippen LogP contribution in [-0.4, -0.2) is 37.2 Å². The summed E-state index contributed by atoms with van der Waals surface area (Å²) in [4.78, 5) is 4.14. The molecule has 1 unspecified atom stereocenters. The minimum absolute atomic E-state index is 0.0631. The van der Waals surface area contributed by atoms with Crippen LogP contribution in [0, 0.1) is 0 Å². The van der Waals surface area contributed by atoms with Crippen LogP contribution >= 0.6 is 11.8 Å². The SMILES string of the molecule is OC(CSc1nnc(-c2cccnc2)n1C1CC1)c1ccc(OC(F)F)cc1. The van der Waals surface area contributed by atoms with Crippen molar-refractivity contribution in [1.29, 1.82) is 0 Å². The highest BCUT2D eigenvalue weighted by Crippen LogP contribution is 2.41. The first kappa shape index (κ1) is 18.8. The second kappa shape index (κ2) is 8.24. The number of alkyl halides is 2. The van der Waals surface area contributed by atoms with Crippen LogP contribution in [0.15, 0.2) is 53.9 Å². The van der Waals surface area contributed by atoms with Crippen molar-refractivity contribution in [3.8, 4) is 17.1 Å². The molecule has 6 nitrogen and oxygen atoms in total. The maximum Gasteiger partial charge on any atom is 0.387 e. The quantitative estimate of drug-likeness (QED) is 0.570. The van der Waals surface area contributed by atoms with Crippen LogP contribution in [-0.2, 0) is 0 Å². The summed E-state index contributed by atoms with van der Waals surface area (Å²) < 4.78 is 30.9. The molecule has 1 fully saturated rings. The van der Waals surface area contributed by atoms with E-state index in [1.807, 2.05) is 12.1 Å². The second-order valence-electron chi connectivity index (χ2n) is 6.42. The Labute approximate surface area is 164 Å². The van der Waals surface area contributed by atoms with E-state index in [-0.39, 0.29) is 5.75 Å². The molecule has 28 heavy (non-hydrogen) atoms. The third kappa shape index (κ3) is 4.31. The van der Waals surface area contributed by atoms with Crippen molar-refractivity contribution in [1.82, 2.24) is 19.7 Å². The number of rotatable bonds is 8. The molecule has 2 aromatic heterocycles. The Hall–Kier alpha value is -2.52. The maximum absolute atomic E-state index is 12.2. The summed E-state index contributed by atoms with van der Waals surface area (Å²) in [6.07, 6.45) is 4.86. The monoisotopic (exact) mass is 404 g/mol. The van der Waals surface area contributed by atoms with E-state index in [0.717, 1.165) is 29.4 Å². The minimum atomic E-state index is -2.87. The van der Waals surface area contributed by atoms with E-state index >= 15 is 0 Å². The molecule has 0 bridgehead atoms. The highest BCUT2D eigenvalue weighted by Gasteiger charge is 2.30. The van der Waals surface area contributed by atoms with E-state index in [9.17, 15) is 13.9 Å². The molecule has 0 spiro atoms. The van der Waals surface area contributed by atoms with Crippen LogP contribution in [0.2, 0.25) is 0 Å². The van der Waals surface area contributed by atoms with E-state index < -0.39 is 12.7 Å². The third-order valence-corrected chi connectivity index (χ3v) is 5.38. The molecule has 0 saturated heterocycles. The fourth-order valence-electron chi connectivity index (χ4n) is 2.85. The van der Waals surface area contributed by atoms with Gasteiger partial charge in [0.2, 0.25) is 0 Å². The molecule has 1 aliphatic carbocycles. The van der Waals surface area contributed by atoms with Gasteiger partial charge in [-0.15, -0.1) is 10.2 Å². The third-order valence-electron chi connectivity index (χ3n) is 4.36. The van der Waals surface area contributed by atoms with Crippen molar-refractivity contribution in [2.45, 2.75) is 36.8 Å². The highest BCUT2D eigenvalue weighted by atomic mass is 32.2. The van der Waals surface area contributed by atoms with Gasteiger partial charge in [0, 0.05) is 29.8 Å². The number of halogens is 2. The minimum Gasteiger partial charge on any atom is -0.435 e.